The number of aryl methyl sites for hydroxylation is 2. The highest BCUT2D eigenvalue weighted by Crippen LogP contribution is 2.25. The molecule has 0 amide bonds. The van der Waals surface area contributed by atoms with Crippen LogP contribution in [0.1, 0.15) is 19.8 Å². The third-order valence-electron chi connectivity index (χ3n) is 4.86. The van der Waals surface area contributed by atoms with Gasteiger partial charge in [0.2, 0.25) is 5.78 Å². The zero-order chi connectivity index (χ0) is 18.4. The molecule has 0 aliphatic heterocycles. The number of imidazole rings is 2. The fourth-order valence-electron chi connectivity index (χ4n) is 3.39. The summed E-state index contributed by atoms with van der Waals surface area (Å²) in [4.78, 5) is 29.6. The van der Waals surface area contributed by atoms with E-state index >= 15 is 0 Å². The van der Waals surface area contributed by atoms with E-state index in [2.05, 4.69) is 16.5 Å². The summed E-state index contributed by atoms with van der Waals surface area (Å²) < 4.78 is 6.50. The zero-order valence-corrected chi connectivity index (χ0v) is 15.1. The van der Waals surface area contributed by atoms with E-state index in [1.165, 1.54) is 11.6 Å². The van der Waals surface area contributed by atoms with Gasteiger partial charge in [-0.05, 0) is 12.0 Å². The number of benzene rings is 1. The van der Waals surface area contributed by atoms with E-state index < -0.39 is 0 Å². The van der Waals surface area contributed by atoms with Crippen LogP contribution in [0, 0.1) is 0 Å². The summed E-state index contributed by atoms with van der Waals surface area (Å²) >= 11 is 0. The monoisotopic (exact) mass is 351 g/mol. The fourth-order valence-corrected chi connectivity index (χ4v) is 3.39. The van der Waals surface area contributed by atoms with Crippen molar-refractivity contribution in [2.75, 3.05) is 0 Å². The average Bonchev–Trinajstić information content (AvgIpc) is 3.20. The van der Waals surface area contributed by atoms with E-state index in [9.17, 15) is 9.59 Å². The second-order valence-electron chi connectivity index (χ2n) is 6.55. The molecule has 0 radical (unpaired) electrons. The Balaban J connectivity index is 2.12. The lowest BCUT2D eigenvalue weighted by Crippen LogP contribution is -2.37. The van der Waals surface area contributed by atoms with Crippen molar-refractivity contribution in [1.29, 1.82) is 0 Å². The first-order valence-electron chi connectivity index (χ1n) is 8.77. The molecule has 3 heterocycles. The van der Waals surface area contributed by atoms with Gasteiger partial charge in [0, 0.05) is 26.8 Å². The number of rotatable bonds is 4. The zero-order valence-electron chi connectivity index (χ0n) is 15.1. The molecule has 0 saturated heterocycles. The average molecular weight is 351 g/mol. The van der Waals surface area contributed by atoms with Gasteiger partial charge in [-0.1, -0.05) is 43.7 Å². The first-order chi connectivity index (χ1) is 12.5. The molecule has 0 bridgehead atoms. The summed E-state index contributed by atoms with van der Waals surface area (Å²) in [7, 11) is 3.14. The third kappa shape index (κ3) is 2.23. The molecule has 0 unspecified atom stereocenters. The van der Waals surface area contributed by atoms with Gasteiger partial charge < -0.3 is 4.57 Å². The number of aromatic nitrogens is 5. The Kier molecular flexibility index (Phi) is 3.79. The molecule has 0 aliphatic rings. The van der Waals surface area contributed by atoms with E-state index in [1.54, 1.807) is 7.05 Å². The van der Waals surface area contributed by atoms with Crippen molar-refractivity contribution in [3.8, 4) is 11.3 Å². The van der Waals surface area contributed by atoms with Gasteiger partial charge in [0.25, 0.3) is 5.56 Å². The largest absolute Gasteiger partial charge is 0.332 e. The number of fused-ring (bicyclic) bond motifs is 3. The topological polar surface area (TPSA) is 66.2 Å². The molecule has 0 aliphatic carbocycles. The minimum Gasteiger partial charge on any atom is -0.310 e. The number of unbranched alkanes of at least 4 members (excludes halogenated alkanes) is 1. The van der Waals surface area contributed by atoms with Crippen molar-refractivity contribution in [1.82, 2.24) is 23.1 Å². The second-order valence-corrected chi connectivity index (χ2v) is 6.55. The Labute approximate surface area is 149 Å². The molecule has 7 nitrogen and oxygen atoms in total. The third-order valence-corrected chi connectivity index (χ3v) is 4.86. The summed E-state index contributed by atoms with van der Waals surface area (Å²) in [5.74, 6) is 0.686. The summed E-state index contributed by atoms with van der Waals surface area (Å²) in [5, 5.41) is 0. The van der Waals surface area contributed by atoms with Crippen LogP contribution in [0.2, 0.25) is 0 Å². The molecule has 4 aromatic rings. The molecule has 7 heteroatoms. The van der Waals surface area contributed by atoms with Crippen LogP contribution >= 0.6 is 0 Å². The Morgan fingerprint density at radius 1 is 1.04 bits per heavy atom. The highest BCUT2D eigenvalue weighted by molar-refractivity contribution is 5.78. The minimum absolute atomic E-state index is 0.331. The molecular formula is C19H21N5O2. The van der Waals surface area contributed by atoms with E-state index in [-0.39, 0.29) is 11.2 Å². The fraction of sp³-hybridized carbons (Fsp3) is 0.316. The quantitative estimate of drug-likeness (QED) is 0.566. The Hall–Kier alpha value is -3.09. The van der Waals surface area contributed by atoms with E-state index in [0.29, 0.717) is 16.9 Å². The van der Waals surface area contributed by atoms with Crippen LogP contribution in [0.15, 0.2) is 46.1 Å². The molecule has 0 spiro atoms. The van der Waals surface area contributed by atoms with Crippen LogP contribution in [-0.2, 0) is 20.6 Å². The maximum Gasteiger partial charge on any atom is 0.332 e. The summed E-state index contributed by atoms with van der Waals surface area (Å²) in [5.41, 5.74) is 2.23. The van der Waals surface area contributed by atoms with Gasteiger partial charge in [-0.15, -0.1) is 0 Å². The SMILES string of the molecule is CCCCn1c(-c2ccccc2)cn2c3c(=O)n(C)c(=O)n(C)c3nc12. The molecule has 26 heavy (non-hydrogen) atoms. The Morgan fingerprint density at radius 2 is 1.77 bits per heavy atom. The molecule has 0 N–H and O–H groups in total. The molecule has 4 rings (SSSR count). The van der Waals surface area contributed by atoms with Gasteiger partial charge in [-0.25, -0.2) is 4.79 Å². The van der Waals surface area contributed by atoms with Crippen LogP contribution in [0.3, 0.4) is 0 Å². The van der Waals surface area contributed by atoms with Crippen molar-refractivity contribution in [2.45, 2.75) is 26.3 Å². The van der Waals surface area contributed by atoms with E-state index in [1.807, 2.05) is 40.9 Å². The maximum absolute atomic E-state index is 12.7. The van der Waals surface area contributed by atoms with Crippen molar-refractivity contribution >= 4 is 16.9 Å². The van der Waals surface area contributed by atoms with Crippen LogP contribution < -0.4 is 11.2 Å². The van der Waals surface area contributed by atoms with Gasteiger partial charge in [-0.2, -0.15) is 4.98 Å². The number of nitrogens with zero attached hydrogens (tertiary/aromatic N) is 5. The first-order valence-corrected chi connectivity index (χ1v) is 8.77. The summed E-state index contributed by atoms with van der Waals surface area (Å²) in [6.07, 6.45) is 4.00. The predicted molar refractivity (Wildman–Crippen MR) is 102 cm³/mol. The molecular weight excluding hydrogens is 330 g/mol. The summed E-state index contributed by atoms with van der Waals surface area (Å²) in [6.45, 7) is 2.94. The molecule has 0 fully saturated rings. The standard InChI is InChI=1S/C19H21N5O2/c1-4-5-11-23-14(13-9-7-6-8-10-13)12-24-15-16(20-18(23)24)21(2)19(26)22(3)17(15)25/h6-10,12H,4-5,11H2,1-3H3. The van der Waals surface area contributed by atoms with Crippen molar-refractivity contribution in [2.24, 2.45) is 14.1 Å². The van der Waals surface area contributed by atoms with Crippen LogP contribution in [0.25, 0.3) is 28.2 Å². The van der Waals surface area contributed by atoms with Crippen LogP contribution in [0.5, 0.6) is 0 Å². The van der Waals surface area contributed by atoms with Gasteiger partial charge in [0.15, 0.2) is 11.2 Å². The molecule has 0 atom stereocenters. The maximum atomic E-state index is 12.7. The molecule has 3 aromatic heterocycles. The molecule has 1 aromatic carbocycles. The van der Waals surface area contributed by atoms with Gasteiger partial charge in [0.1, 0.15) is 0 Å². The summed E-state index contributed by atoms with van der Waals surface area (Å²) in [6, 6.07) is 10.1. The second kappa shape index (κ2) is 6.01. The lowest BCUT2D eigenvalue weighted by Gasteiger charge is -2.08. The van der Waals surface area contributed by atoms with Crippen molar-refractivity contribution in [3.05, 3.63) is 57.4 Å². The van der Waals surface area contributed by atoms with Crippen LogP contribution in [0.4, 0.5) is 0 Å². The van der Waals surface area contributed by atoms with E-state index in [0.717, 1.165) is 35.2 Å². The smallest absolute Gasteiger partial charge is 0.310 e. The lowest BCUT2D eigenvalue weighted by molar-refractivity contribution is 0.648. The Morgan fingerprint density at radius 3 is 2.46 bits per heavy atom. The highest BCUT2D eigenvalue weighted by Gasteiger charge is 2.20. The molecule has 134 valence electrons. The van der Waals surface area contributed by atoms with Crippen molar-refractivity contribution < 1.29 is 0 Å². The molecule has 0 saturated carbocycles. The number of hydrogen-bond acceptors (Lipinski definition) is 3. The van der Waals surface area contributed by atoms with Gasteiger partial charge in [-0.3, -0.25) is 18.3 Å². The first kappa shape index (κ1) is 16.4. The predicted octanol–water partition coefficient (Wildman–Crippen LogP) is 2.15. The lowest BCUT2D eigenvalue weighted by atomic mass is 10.1. The number of hydrogen-bond donors (Lipinski definition) is 0. The van der Waals surface area contributed by atoms with Gasteiger partial charge >= 0.3 is 5.69 Å². The Bertz CT molecular complexity index is 1220. The van der Waals surface area contributed by atoms with E-state index in [4.69, 9.17) is 0 Å². The van der Waals surface area contributed by atoms with Gasteiger partial charge in [0.05, 0.1) is 5.69 Å². The van der Waals surface area contributed by atoms with Crippen LogP contribution in [-0.4, -0.2) is 23.1 Å². The normalized spacial score (nSPS) is 11.7. The van der Waals surface area contributed by atoms with Crippen molar-refractivity contribution in [3.63, 3.8) is 0 Å². The highest BCUT2D eigenvalue weighted by atomic mass is 16.2. The minimum atomic E-state index is -0.369.